The third-order valence-electron chi connectivity index (χ3n) is 3.02. The minimum atomic E-state index is -0.891. The molecule has 1 aliphatic rings. The summed E-state index contributed by atoms with van der Waals surface area (Å²) in [6, 6.07) is 9.14. The van der Waals surface area contributed by atoms with Gasteiger partial charge in [0.1, 0.15) is 6.10 Å². The van der Waals surface area contributed by atoms with Gasteiger partial charge < -0.3 is 14.7 Å². The van der Waals surface area contributed by atoms with E-state index >= 15 is 0 Å². The summed E-state index contributed by atoms with van der Waals surface area (Å²) in [5.74, 6) is -0.130. The van der Waals surface area contributed by atoms with Crippen LogP contribution in [-0.2, 0) is 9.53 Å². The summed E-state index contributed by atoms with van der Waals surface area (Å²) in [5, 5.41) is 10.2. The van der Waals surface area contributed by atoms with Gasteiger partial charge in [-0.2, -0.15) is 0 Å². The second-order valence-electron chi connectivity index (χ2n) is 4.06. The number of carbonyl (C=O) groups is 1. The van der Waals surface area contributed by atoms with Crippen LogP contribution >= 0.6 is 0 Å². The highest BCUT2D eigenvalue weighted by atomic mass is 16.5. The zero-order chi connectivity index (χ0) is 12.3. The Kier molecular flexibility index (Phi) is 3.76. The molecular weight excluding hydrogens is 218 g/mol. The molecule has 0 bridgehead atoms. The number of nitrogens with zero attached hydrogens (tertiary/aromatic N) is 1. The molecule has 4 heteroatoms. The molecule has 0 radical (unpaired) electrons. The van der Waals surface area contributed by atoms with Crippen LogP contribution in [0.1, 0.15) is 18.6 Å². The lowest BCUT2D eigenvalue weighted by Gasteiger charge is -2.33. The van der Waals surface area contributed by atoms with Gasteiger partial charge >= 0.3 is 0 Å². The van der Waals surface area contributed by atoms with Gasteiger partial charge in [0, 0.05) is 13.1 Å². The summed E-state index contributed by atoms with van der Waals surface area (Å²) >= 11 is 0. The highest BCUT2D eigenvalue weighted by Crippen LogP contribution is 2.22. The highest BCUT2D eigenvalue weighted by molar-refractivity contribution is 5.82. The number of aliphatic hydroxyl groups excluding tert-OH is 1. The van der Waals surface area contributed by atoms with Crippen LogP contribution in [0.25, 0.3) is 0 Å². The molecular formula is C13H17NO3. The highest BCUT2D eigenvalue weighted by Gasteiger charge is 2.34. The number of hydrogen-bond donors (Lipinski definition) is 1. The monoisotopic (exact) mass is 235 g/mol. The van der Waals surface area contributed by atoms with E-state index in [1.165, 1.54) is 0 Å². The molecule has 1 heterocycles. The van der Waals surface area contributed by atoms with Crippen molar-refractivity contribution in [2.45, 2.75) is 19.1 Å². The average Bonchev–Trinajstić information content (AvgIpc) is 2.39. The number of carbonyl (C=O) groups excluding carboxylic acids is 1. The third-order valence-corrected chi connectivity index (χ3v) is 3.02. The number of morpholine rings is 1. The van der Waals surface area contributed by atoms with Gasteiger partial charge in [0.15, 0.2) is 6.10 Å². The Bertz CT molecular complexity index is 380. The van der Waals surface area contributed by atoms with E-state index in [-0.39, 0.29) is 5.91 Å². The van der Waals surface area contributed by atoms with Crippen molar-refractivity contribution in [1.29, 1.82) is 0 Å². The van der Waals surface area contributed by atoms with Gasteiger partial charge in [-0.1, -0.05) is 30.3 Å². The van der Waals surface area contributed by atoms with Gasteiger partial charge in [0.05, 0.1) is 6.61 Å². The lowest BCUT2D eigenvalue weighted by molar-refractivity contribution is -0.162. The van der Waals surface area contributed by atoms with Crippen LogP contribution in [0.3, 0.4) is 0 Å². The molecule has 0 spiro atoms. The molecule has 1 fully saturated rings. The Labute approximate surface area is 101 Å². The van der Waals surface area contributed by atoms with Gasteiger partial charge in [-0.05, 0) is 12.5 Å². The Morgan fingerprint density at radius 1 is 1.47 bits per heavy atom. The molecule has 0 aliphatic carbocycles. The lowest BCUT2D eigenvalue weighted by Crippen LogP contribution is -2.49. The summed E-state index contributed by atoms with van der Waals surface area (Å²) < 4.78 is 5.40. The van der Waals surface area contributed by atoms with Crippen LogP contribution in [0.4, 0.5) is 0 Å². The van der Waals surface area contributed by atoms with E-state index in [2.05, 4.69) is 0 Å². The van der Waals surface area contributed by atoms with Crippen LogP contribution in [0.15, 0.2) is 30.3 Å². The van der Waals surface area contributed by atoms with E-state index in [9.17, 15) is 9.90 Å². The van der Waals surface area contributed by atoms with Crippen molar-refractivity contribution in [2.24, 2.45) is 0 Å². The van der Waals surface area contributed by atoms with Crippen molar-refractivity contribution in [3.63, 3.8) is 0 Å². The zero-order valence-electron chi connectivity index (χ0n) is 9.87. The number of amides is 1. The van der Waals surface area contributed by atoms with E-state index < -0.39 is 12.2 Å². The van der Waals surface area contributed by atoms with Crippen molar-refractivity contribution in [1.82, 2.24) is 4.90 Å². The van der Waals surface area contributed by atoms with E-state index in [1.807, 2.05) is 25.1 Å². The molecule has 1 aromatic rings. The predicted octanol–water partition coefficient (Wildman–Crippen LogP) is 0.967. The zero-order valence-corrected chi connectivity index (χ0v) is 9.87. The van der Waals surface area contributed by atoms with Crippen LogP contribution in [-0.4, -0.2) is 41.7 Å². The first-order valence-corrected chi connectivity index (χ1v) is 5.87. The SMILES string of the molecule is CCN1CCO[C@@H]([C@@H](O)c2ccccc2)C1=O. The van der Waals surface area contributed by atoms with Gasteiger partial charge in [-0.3, -0.25) is 4.79 Å². The van der Waals surface area contributed by atoms with E-state index in [0.717, 1.165) is 0 Å². The van der Waals surface area contributed by atoms with E-state index in [4.69, 9.17) is 4.74 Å². The summed E-state index contributed by atoms with van der Waals surface area (Å²) in [7, 11) is 0. The Morgan fingerprint density at radius 3 is 2.82 bits per heavy atom. The molecule has 1 saturated heterocycles. The normalized spacial score (nSPS) is 22.6. The first-order chi connectivity index (χ1) is 8.24. The van der Waals surface area contributed by atoms with Gasteiger partial charge in [0.25, 0.3) is 5.91 Å². The van der Waals surface area contributed by atoms with E-state index in [0.29, 0.717) is 25.3 Å². The molecule has 0 saturated carbocycles. The van der Waals surface area contributed by atoms with Crippen molar-refractivity contribution in [3.8, 4) is 0 Å². The quantitative estimate of drug-likeness (QED) is 0.849. The maximum absolute atomic E-state index is 12.0. The summed E-state index contributed by atoms with van der Waals surface area (Å²) in [6.07, 6.45) is -1.66. The first kappa shape index (κ1) is 12.1. The fourth-order valence-corrected chi connectivity index (χ4v) is 2.02. The maximum atomic E-state index is 12.0. The second-order valence-corrected chi connectivity index (χ2v) is 4.06. The van der Waals surface area contributed by atoms with Crippen molar-refractivity contribution in [2.75, 3.05) is 19.7 Å². The smallest absolute Gasteiger partial charge is 0.254 e. The Balaban J connectivity index is 2.14. The van der Waals surface area contributed by atoms with Crippen LogP contribution in [0, 0.1) is 0 Å². The number of hydrogen-bond acceptors (Lipinski definition) is 3. The molecule has 4 nitrogen and oxygen atoms in total. The van der Waals surface area contributed by atoms with Gasteiger partial charge in [0.2, 0.25) is 0 Å². The van der Waals surface area contributed by atoms with Crippen LogP contribution in [0.2, 0.25) is 0 Å². The molecule has 2 atom stereocenters. The molecule has 1 aromatic carbocycles. The lowest BCUT2D eigenvalue weighted by atomic mass is 10.0. The van der Waals surface area contributed by atoms with Crippen molar-refractivity contribution in [3.05, 3.63) is 35.9 Å². The summed E-state index contributed by atoms with van der Waals surface area (Å²) in [5.41, 5.74) is 0.712. The Morgan fingerprint density at radius 2 is 2.18 bits per heavy atom. The van der Waals surface area contributed by atoms with Crippen LogP contribution in [0.5, 0.6) is 0 Å². The van der Waals surface area contributed by atoms with Crippen molar-refractivity contribution >= 4 is 5.91 Å². The topological polar surface area (TPSA) is 49.8 Å². The summed E-state index contributed by atoms with van der Waals surface area (Å²) in [6.45, 7) is 3.66. The molecule has 1 aliphatic heterocycles. The molecule has 0 aromatic heterocycles. The molecule has 1 N–H and O–H groups in total. The number of ether oxygens (including phenoxy) is 1. The van der Waals surface area contributed by atoms with Gasteiger partial charge in [-0.25, -0.2) is 0 Å². The minimum Gasteiger partial charge on any atom is -0.385 e. The number of likely N-dealkylation sites (N-methyl/N-ethyl adjacent to an activating group) is 1. The second kappa shape index (κ2) is 5.29. The largest absolute Gasteiger partial charge is 0.385 e. The number of aliphatic hydroxyl groups is 1. The number of rotatable bonds is 3. The predicted molar refractivity (Wildman–Crippen MR) is 63.4 cm³/mol. The van der Waals surface area contributed by atoms with Crippen LogP contribution < -0.4 is 0 Å². The Hall–Kier alpha value is -1.39. The minimum absolute atomic E-state index is 0.130. The fourth-order valence-electron chi connectivity index (χ4n) is 2.02. The maximum Gasteiger partial charge on any atom is 0.254 e. The molecule has 1 amide bonds. The summed E-state index contributed by atoms with van der Waals surface area (Å²) in [4.78, 5) is 13.7. The molecule has 0 unspecified atom stereocenters. The fraction of sp³-hybridized carbons (Fsp3) is 0.462. The standard InChI is InChI=1S/C13H17NO3/c1-2-14-8-9-17-12(13(14)16)11(15)10-6-4-3-5-7-10/h3-7,11-12,15H,2,8-9H2,1H3/t11-,12-/m0/s1. The average molecular weight is 235 g/mol. The number of benzene rings is 1. The first-order valence-electron chi connectivity index (χ1n) is 5.87. The van der Waals surface area contributed by atoms with Gasteiger partial charge in [-0.15, -0.1) is 0 Å². The molecule has 2 rings (SSSR count). The molecule has 17 heavy (non-hydrogen) atoms. The molecule has 92 valence electrons. The third kappa shape index (κ3) is 2.48. The van der Waals surface area contributed by atoms with E-state index in [1.54, 1.807) is 17.0 Å². The van der Waals surface area contributed by atoms with Crippen molar-refractivity contribution < 1.29 is 14.6 Å².